The molecule has 2 aromatic carbocycles. The molecule has 1 amide bonds. The summed E-state index contributed by atoms with van der Waals surface area (Å²) in [5.74, 6) is 0.654. The van der Waals surface area contributed by atoms with Crippen molar-refractivity contribution in [1.82, 2.24) is 30.0 Å². The minimum absolute atomic E-state index is 0.145. The first-order valence-electron chi connectivity index (χ1n) is 10.1. The molecule has 0 saturated carbocycles. The Morgan fingerprint density at radius 1 is 1.06 bits per heavy atom. The minimum Gasteiger partial charge on any atom is -0.492 e. The molecule has 9 nitrogen and oxygen atoms in total. The zero-order valence-corrected chi connectivity index (χ0v) is 18.8. The number of tetrazole rings is 1. The Labute approximate surface area is 189 Å². The van der Waals surface area contributed by atoms with Crippen LogP contribution in [0.3, 0.4) is 0 Å². The van der Waals surface area contributed by atoms with E-state index in [0.717, 1.165) is 22.8 Å². The summed E-state index contributed by atoms with van der Waals surface area (Å²) in [4.78, 5) is 12.7. The van der Waals surface area contributed by atoms with Gasteiger partial charge < -0.3 is 10.1 Å². The number of rotatable bonds is 8. The van der Waals surface area contributed by atoms with Gasteiger partial charge in [-0.25, -0.2) is 4.68 Å². The molecule has 0 atom stereocenters. The number of hydrogen-bond donors (Lipinski definition) is 1. The molecule has 0 spiro atoms. The molecule has 10 heteroatoms. The van der Waals surface area contributed by atoms with Crippen LogP contribution < -0.4 is 10.1 Å². The molecule has 0 aliphatic rings. The number of thioether (sulfide) groups is 1. The fourth-order valence-corrected chi connectivity index (χ4v) is 3.96. The number of nitrogens with zero attached hydrogens (tertiary/aromatic N) is 6. The standard InChI is InChI=1S/C22H23N7O2S/c1-4-31-19-13-9-8-12-18(19)29-22(24-26-27-29)32-14-20(30)23-21-15(2)25-28(16(21)3)17-10-6-5-7-11-17/h5-13H,4,14H2,1-3H3,(H,23,30). The molecule has 164 valence electrons. The van der Waals surface area contributed by atoms with Crippen molar-refractivity contribution in [3.63, 3.8) is 0 Å². The number of amides is 1. The van der Waals surface area contributed by atoms with Gasteiger partial charge in [-0.05, 0) is 55.5 Å². The Morgan fingerprint density at radius 2 is 1.81 bits per heavy atom. The van der Waals surface area contributed by atoms with E-state index in [1.807, 2.05) is 80.1 Å². The first-order valence-corrected chi connectivity index (χ1v) is 11.1. The van der Waals surface area contributed by atoms with E-state index in [1.165, 1.54) is 11.8 Å². The van der Waals surface area contributed by atoms with Crippen LogP contribution in [0, 0.1) is 13.8 Å². The normalized spacial score (nSPS) is 10.8. The lowest BCUT2D eigenvalue weighted by molar-refractivity contribution is -0.113. The van der Waals surface area contributed by atoms with E-state index in [9.17, 15) is 4.79 Å². The third-order valence-electron chi connectivity index (χ3n) is 4.72. The van der Waals surface area contributed by atoms with Crippen molar-refractivity contribution in [2.45, 2.75) is 25.9 Å². The van der Waals surface area contributed by atoms with Crippen LogP contribution in [0.25, 0.3) is 11.4 Å². The highest BCUT2D eigenvalue weighted by Crippen LogP contribution is 2.27. The number of para-hydroxylation sites is 3. The second-order valence-electron chi connectivity index (χ2n) is 6.90. The van der Waals surface area contributed by atoms with Gasteiger partial charge in [-0.1, -0.05) is 42.1 Å². The Balaban J connectivity index is 1.47. The summed E-state index contributed by atoms with van der Waals surface area (Å²) in [5.41, 5.74) is 3.98. The second-order valence-corrected chi connectivity index (χ2v) is 7.85. The van der Waals surface area contributed by atoms with Gasteiger partial charge >= 0.3 is 0 Å². The molecule has 0 saturated heterocycles. The number of anilines is 1. The van der Waals surface area contributed by atoms with Gasteiger partial charge in [-0.15, -0.1) is 5.10 Å². The first-order chi connectivity index (χ1) is 15.6. The predicted molar refractivity (Wildman–Crippen MR) is 123 cm³/mol. The topological polar surface area (TPSA) is 99.8 Å². The van der Waals surface area contributed by atoms with Gasteiger partial charge in [0, 0.05) is 0 Å². The van der Waals surface area contributed by atoms with Gasteiger partial charge in [-0.2, -0.15) is 9.78 Å². The number of aryl methyl sites for hydroxylation is 1. The maximum Gasteiger partial charge on any atom is 0.234 e. The van der Waals surface area contributed by atoms with Gasteiger partial charge in [0.15, 0.2) is 0 Å². The van der Waals surface area contributed by atoms with Gasteiger partial charge in [0.25, 0.3) is 0 Å². The van der Waals surface area contributed by atoms with Crippen LogP contribution in [0.1, 0.15) is 18.3 Å². The quantitative estimate of drug-likeness (QED) is 0.410. The number of nitrogens with one attached hydrogen (secondary N) is 1. The maximum atomic E-state index is 12.7. The lowest BCUT2D eigenvalue weighted by Crippen LogP contribution is -2.16. The van der Waals surface area contributed by atoms with Crippen molar-refractivity contribution in [3.8, 4) is 17.1 Å². The highest BCUT2D eigenvalue weighted by molar-refractivity contribution is 7.99. The highest BCUT2D eigenvalue weighted by atomic mass is 32.2. The van der Waals surface area contributed by atoms with Crippen LogP contribution in [0.2, 0.25) is 0 Å². The minimum atomic E-state index is -0.165. The summed E-state index contributed by atoms with van der Waals surface area (Å²) in [6.45, 7) is 6.25. The number of hydrogen-bond acceptors (Lipinski definition) is 7. The summed E-state index contributed by atoms with van der Waals surface area (Å²) in [5, 5.41) is 19.9. The van der Waals surface area contributed by atoms with Crippen molar-refractivity contribution in [3.05, 3.63) is 66.0 Å². The third-order valence-corrected chi connectivity index (χ3v) is 5.64. The van der Waals surface area contributed by atoms with E-state index < -0.39 is 0 Å². The number of ether oxygens (including phenoxy) is 1. The summed E-state index contributed by atoms with van der Waals surface area (Å²) >= 11 is 1.25. The largest absolute Gasteiger partial charge is 0.492 e. The van der Waals surface area contributed by atoms with Crippen LogP contribution in [-0.4, -0.2) is 48.3 Å². The summed E-state index contributed by atoms with van der Waals surface area (Å²) < 4.78 is 9.07. The van der Waals surface area contributed by atoms with Crippen molar-refractivity contribution in [2.24, 2.45) is 0 Å². The molecule has 2 heterocycles. The Kier molecular flexibility index (Phi) is 6.50. The van der Waals surface area contributed by atoms with E-state index >= 15 is 0 Å². The lowest BCUT2D eigenvalue weighted by atomic mass is 10.3. The fraction of sp³-hybridized carbons (Fsp3) is 0.227. The average molecular weight is 450 g/mol. The summed E-state index contributed by atoms with van der Waals surface area (Å²) in [7, 11) is 0. The molecule has 0 radical (unpaired) electrons. The van der Waals surface area contributed by atoms with E-state index in [-0.39, 0.29) is 11.7 Å². The Bertz CT molecular complexity index is 1220. The third kappa shape index (κ3) is 4.50. The molecular formula is C22H23N7O2S. The summed E-state index contributed by atoms with van der Waals surface area (Å²) in [6, 6.07) is 17.3. The molecule has 0 aliphatic heterocycles. The number of benzene rings is 2. The second kappa shape index (κ2) is 9.65. The van der Waals surface area contributed by atoms with Gasteiger partial charge in [0.1, 0.15) is 11.4 Å². The van der Waals surface area contributed by atoms with Crippen molar-refractivity contribution >= 4 is 23.4 Å². The lowest BCUT2D eigenvalue weighted by Gasteiger charge is -2.10. The van der Waals surface area contributed by atoms with Crippen molar-refractivity contribution in [1.29, 1.82) is 0 Å². The van der Waals surface area contributed by atoms with Crippen LogP contribution in [0.4, 0.5) is 5.69 Å². The molecule has 2 aromatic heterocycles. The number of carbonyl (C=O) groups is 1. The zero-order valence-electron chi connectivity index (χ0n) is 18.0. The molecule has 0 fully saturated rings. The summed E-state index contributed by atoms with van der Waals surface area (Å²) in [6.07, 6.45) is 0. The Hall–Kier alpha value is -3.66. The average Bonchev–Trinajstić information content (AvgIpc) is 3.39. The van der Waals surface area contributed by atoms with E-state index in [4.69, 9.17) is 4.74 Å². The molecule has 1 N–H and O–H groups in total. The molecule has 0 aliphatic carbocycles. The molecule has 4 aromatic rings. The van der Waals surface area contributed by atoms with E-state index in [1.54, 1.807) is 4.68 Å². The Morgan fingerprint density at radius 3 is 2.59 bits per heavy atom. The van der Waals surface area contributed by atoms with Crippen LogP contribution in [0.5, 0.6) is 5.75 Å². The predicted octanol–water partition coefficient (Wildman–Crippen LogP) is 3.59. The molecule has 0 unspecified atom stereocenters. The first kappa shape index (κ1) is 21.6. The maximum absolute atomic E-state index is 12.7. The molecule has 4 rings (SSSR count). The molecule has 32 heavy (non-hydrogen) atoms. The highest BCUT2D eigenvalue weighted by Gasteiger charge is 2.18. The van der Waals surface area contributed by atoms with Crippen LogP contribution in [0.15, 0.2) is 59.8 Å². The number of carbonyl (C=O) groups excluding carboxylic acids is 1. The zero-order chi connectivity index (χ0) is 22.5. The van der Waals surface area contributed by atoms with Gasteiger partial charge in [0.2, 0.25) is 11.1 Å². The smallest absolute Gasteiger partial charge is 0.234 e. The number of aromatic nitrogens is 6. The van der Waals surface area contributed by atoms with Crippen molar-refractivity contribution < 1.29 is 9.53 Å². The van der Waals surface area contributed by atoms with Crippen molar-refractivity contribution in [2.75, 3.05) is 17.7 Å². The fourth-order valence-electron chi connectivity index (χ4n) is 3.28. The van der Waals surface area contributed by atoms with E-state index in [2.05, 4.69) is 25.9 Å². The SMILES string of the molecule is CCOc1ccccc1-n1nnnc1SCC(=O)Nc1c(C)nn(-c2ccccc2)c1C. The van der Waals surface area contributed by atoms with Gasteiger partial charge in [-0.3, -0.25) is 4.79 Å². The monoisotopic (exact) mass is 449 g/mol. The van der Waals surface area contributed by atoms with E-state index in [0.29, 0.717) is 23.2 Å². The van der Waals surface area contributed by atoms with Gasteiger partial charge in [0.05, 0.1) is 35.1 Å². The van der Waals surface area contributed by atoms with Crippen LogP contribution >= 0.6 is 11.8 Å². The molecular weight excluding hydrogens is 426 g/mol. The van der Waals surface area contributed by atoms with Crippen LogP contribution in [-0.2, 0) is 4.79 Å². The molecule has 0 bridgehead atoms.